The standard InChI is InChI=1S/C6H2BrIN2S2/c7-4-2-1-3(11-4)5-9-6(8)10-12-5/h1-2H. The van der Waals surface area contributed by atoms with E-state index in [-0.39, 0.29) is 0 Å². The number of halogens is 2. The van der Waals surface area contributed by atoms with Crippen molar-refractivity contribution < 1.29 is 0 Å². The summed E-state index contributed by atoms with van der Waals surface area (Å²) in [5, 5.41) is 0.995. The highest BCUT2D eigenvalue weighted by Crippen LogP contribution is 2.32. The number of hydrogen-bond donors (Lipinski definition) is 0. The molecule has 0 unspecified atom stereocenters. The number of thiophene rings is 1. The quantitative estimate of drug-likeness (QED) is 0.714. The molecular weight excluding hydrogens is 371 g/mol. The number of nitrogens with zero attached hydrogens (tertiary/aromatic N) is 2. The lowest BCUT2D eigenvalue weighted by atomic mass is 10.5. The van der Waals surface area contributed by atoms with Gasteiger partial charge in [-0.3, -0.25) is 0 Å². The van der Waals surface area contributed by atoms with Crippen LogP contribution in [-0.4, -0.2) is 9.36 Å². The third kappa shape index (κ3) is 1.86. The van der Waals surface area contributed by atoms with Crippen LogP contribution in [0, 0.1) is 3.83 Å². The SMILES string of the molecule is Brc1ccc(-c2nc(I)ns2)s1. The van der Waals surface area contributed by atoms with Gasteiger partial charge in [-0.25, -0.2) is 4.98 Å². The maximum absolute atomic E-state index is 4.28. The summed E-state index contributed by atoms with van der Waals surface area (Å²) < 4.78 is 6.06. The molecule has 0 amide bonds. The van der Waals surface area contributed by atoms with E-state index in [1.54, 1.807) is 11.3 Å². The first-order valence-electron chi connectivity index (χ1n) is 3.00. The van der Waals surface area contributed by atoms with Gasteiger partial charge in [0.25, 0.3) is 0 Å². The molecule has 0 radical (unpaired) electrons. The maximum atomic E-state index is 4.28. The van der Waals surface area contributed by atoms with Crippen LogP contribution < -0.4 is 0 Å². The van der Waals surface area contributed by atoms with Crippen molar-refractivity contribution in [3.05, 3.63) is 19.8 Å². The molecule has 0 spiro atoms. The minimum absolute atomic E-state index is 0.817. The summed E-state index contributed by atoms with van der Waals surface area (Å²) in [6.07, 6.45) is 0. The van der Waals surface area contributed by atoms with Gasteiger partial charge in [0.15, 0.2) is 5.01 Å². The zero-order valence-corrected chi connectivity index (χ0v) is 11.0. The van der Waals surface area contributed by atoms with Crippen molar-refractivity contribution >= 4 is 61.4 Å². The second-order valence-corrected chi connectivity index (χ2v) is 6.15. The fourth-order valence-corrected chi connectivity index (χ4v) is 3.43. The fourth-order valence-electron chi connectivity index (χ4n) is 0.735. The van der Waals surface area contributed by atoms with Crippen LogP contribution in [0.15, 0.2) is 15.9 Å². The van der Waals surface area contributed by atoms with Crippen molar-refractivity contribution in [3.63, 3.8) is 0 Å². The molecule has 2 aromatic heterocycles. The summed E-state index contributed by atoms with van der Waals surface area (Å²) in [4.78, 5) is 5.45. The Hall–Kier alpha value is 0.470. The molecule has 0 aliphatic carbocycles. The van der Waals surface area contributed by atoms with Crippen LogP contribution in [0.3, 0.4) is 0 Å². The number of rotatable bonds is 1. The zero-order chi connectivity index (χ0) is 8.55. The van der Waals surface area contributed by atoms with Crippen LogP contribution in [0.4, 0.5) is 0 Å². The van der Waals surface area contributed by atoms with Crippen molar-refractivity contribution in [1.82, 2.24) is 9.36 Å². The van der Waals surface area contributed by atoms with Gasteiger partial charge in [0.2, 0.25) is 3.83 Å². The first-order chi connectivity index (χ1) is 5.75. The van der Waals surface area contributed by atoms with Gasteiger partial charge in [0.1, 0.15) is 0 Å². The Morgan fingerprint density at radius 2 is 2.25 bits per heavy atom. The average Bonchev–Trinajstić information content (AvgIpc) is 2.58. The van der Waals surface area contributed by atoms with Crippen LogP contribution in [0.5, 0.6) is 0 Å². The Kier molecular flexibility index (Phi) is 2.78. The highest BCUT2D eigenvalue weighted by molar-refractivity contribution is 14.1. The highest BCUT2D eigenvalue weighted by Gasteiger charge is 2.06. The number of hydrogen-bond acceptors (Lipinski definition) is 4. The van der Waals surface area contributed by atoms with E-state index in [9.17, 15) is 0 Å². The Balaban J connectivity index is 2.43. The molecule has 62 valence electrons. The van der Waals surface area contributed by atoms with E-state index < -0.39 is 0 Å². The summed E-state index contributed by atoms with van der Waals surface area (Å²) in [6, 6.07) is 4.07. The van der Waals surface area contributed by atoms with Crippen molar-refractivity contribution in [2.75, 3.05) is 0 Å². The second-order valence-electron chi connectivity index (χ2n) is 1.97. The molecular formula is C6H2BrIN2S2. The third-order valence-electron chi connectivity index (χ3n) is 1.19. The second kappa shape index (κ2) is 3.69. The van der Waals surface area contributed by atoms with Gasteiger partial charge in [0.05, 0.1) is 8.66 Å². The predicted octanol–water partition coefficient (Wildman–Crippen LogP) is 3.63. The Morgan fingerprint density at radius 1 is 1.42 bits per heavy atom. The van der Waals surface area contributed by atoms with Crippen molar-refractivity contribution in [2.45, 2.75) is 0 Å². The smallest absolute Gasteiger partial charge is 0.203 e. The molecule has 0 fully saturated rings. The molecule has 0 saturated heterocycles. The summed E-state index contributed by atoms with van der Waals surface area (Å²) in [6.45, 7) is 0. The molecule has 2 heterocycles. The van der Waals surface area contributed by atoms with Crippen molar-refractivity contribution in [2.24, 2.45) is 0 Å². The van der Waals surface area contributed by atoms with Gasteiger partial charge >= 0.3 is 0 Å². The van der Waals surface area contributed by atoms with E-state index in [0.717, 1.165) is 12.6 Å². The van der Waals surface area contributed by atoms with E-state index in [4.69, 9.17) is 0 Å². The minimum Gasteiger partial charge on any atom is -0.209 e. The van der Waals surface area contributed by atoms with Gasteiger partial charge < -0.3 is 0 Å². The van der Waals surface area contributed by atoms with Gasteiger partial charge in [-0.1, -0.05) is 0 Å². The Labute approximate surface area is 99.5 Å². The van der Waals surface area contributed by atoms with E-state index in [0.29, 0.717) is 0 Å². The van der Waals surface area contributed by atoms with Crippen LogP contribution in [0.1, 0.15) is 0 Å². The van der Waals surface area contributed by atoms with Crippen LogP contribution in [0.2, 0.25) is 0 Å². The first kappa shape index (κ1) is 9.04. The van der Waals surface area contributed by atoms with E-state index in [1.807, 2.05) is 12.1 Å². The summed E-state index contributed by atoms with van der Waals surface area (Å²) >= 11 is 8.64. The zero-order valence-electron chi connectivity index (χ0n) is 5.62. The molecule has 2 rings (SSSR count). The van der Waals surface area contributed by atoms with Gasteiger partial charge in [0, 0.05) is 22.6 Å². The molecule has 0 aromatic carbocycles. The lowest BCUT2D eigenvalue weighted by Gasteiger charge is -1.83. The molecule has 0 N–H and O–H groups in total. The summed E-state index contributed by atoms with van der Waals surface area (Å²) in [5.74, 6) is 0. The fraction of sp³-hybridized carbons (Fsp3) is 0. The Bertz CT molecular complexity index is 359. The largest absolute Gasteiger partial charge is 0.209 e. The van der Waals surface area contributed by atoms with E-state index in [2.05, 4.69) is 47.9 Å². The number of aromatic nitrogens is 2. The maximum Gasteiger partial charge on any atom is 0.203 e. The van der Waals surface area contributed by atoms with E-state index >= 15 is 0 Å². The normalized spacial score (nSPS) is 10.5. The van der Waals surface area contributed by atoms with Gasteiger partial charge in [-0.2, -0.15) is 4.37 Å². The predicted molar refractivity (Wildman–Crippen MR) is 63.6 cm³/mol. The van der Waals surface area contributed by atoms with E-state index in [1.165, 1.54) is 16.4 Å². The van der Waals surface area contributed by atoms with Crippen molar-refractivity contribution in [1.29, 1.82) is 0 Å². The molecule has 2 aromatic rings. The molecule has 0 aliphatic heterocycles. The van der Waals surface area contributed by atoms with Crippen LogP contribution in [0.25, 0.3) is 9.88 Å². The molecule has 0 saturated carbocycles. The van der Waals surface area contributed by atoms with Crippen molar-refractivity contribution in [3.8, 4) is 9.88 Å². The summed E-state index contributed by atoms with van der Waals surface area (Å²) in [5.41, 5.74) is 0. The molecule has 0 atom stereocenters. The van der Waals surface area contributed by atoms with Crippen LogP contribution in [-0.2, 0) is 0 Å². The lowest BCUT2D eigenvalue weighted by molar-refractivity contribution is 1.26. The van der Waals surface area contributed by atoms with Crippen LogP contribution >= 0.6 is 61.4 Å². The Morgan fingerprint density at radius 3 is 2.75 bits per heavy atom. The summed E-state index contributed by atoms with van der Waals surface area (Å²) in [7, 11) is 0. The molecule has 12 heavy (non-hydrogen) atoms. The highest BCUT2D eigenvalue weighted by atomic mass is 127. The molecule has 0 aliphatic rings. The first-order valence-corrected chi connectivity index (χ1v) is 6.47. The molecule has 0 bridgehead atoms. The average molecular weight is 373 g/mol. The third-order valence-corrected chi connectivity index (χ3v) is 4.50. The lowest BCUT2D eigenvalue weighted by Crippen LogP contribution is -1.70. The van der Waals surface area contributed by atoms with Gasteiger partial charge in [-0.05, 0) is 39.6 Å². The minimum atomic E-state index is 0.817. The molecule has 2 nitrogen and oxygen atoms in total. The monoisotopic (exact) mass is 372 g/mol. The van der Waals surface area contributed by atoms with Gasteiger partial charge in [-0.15, -0.1) is 11.3 Å². The molecule has 6 heteroatoms. The topological polar surface area (TPSA) is 25.8 Å².